The molecular weight excluding hydrogens is 276 g/mol. The number of thiazole rings is 1. The lowest BCUT2D eigenvalue weighted by Gasteiger charge is -2.44. The lowest BCUT2D eigenvalue weighted by molar-refractivity contribution is 0.0934. The minimum absolute atomic E-state index is 0.325. The van der Waals surface area contributed by atoms with E-state index in [0.29, 0.717) is 11.5 Å². The Morgan fingerprint density at radius 1 is 1.38 bits per heavy atom. The van der Waals surface area contributed by atoms with Crippen LogP contribution in [-0.4, -0.2) is 17.6 Å². The van der Waals surface area contributed by atoms with E-state index in [1.165, 1.54) is 36.4 Å². The highest BCUT2D eigenvalue weighted by molar-refractivity contribution is 7.09. The zero-order chi connectivity index (χ0) is 15.5. The van der Waals surface area contributed by atoms with Gasteiger partial charge < -0.3 is 5.32 Å². The van der Waals surface area contributed by atoms with Crippen LogP contribution in [0.4, 0.5) is 0 Å². The molecule has 2 nitrogen and oxygen atoms in total. The first-order valence-electron chi connectivity index (χ1n) is 8.56. The lowest BCUT2D eigenvalue weighted by atomic mass is 9.64. The van der Waals surface area contributed by atoms with Crippen molar-refractivity contribution in [3.8, 4) is 0 Å². The van der Waals surface area contributed by atoms with Crippen molar-refractivity contribution < 1.29 is 0 Å². The number of aryl methyl sites for hydroxylation is 1. The highest BCUT2D eigenvalue weighted by atomic mass is 32.1. The lowest BCUT2D eigenvalue weighted by Crippen LogP contribution is -2.47. The van der Waals surface area contributed by atoms with E-state index in [1.807, 2.05) is 0 Å². The van der Waals surface area contributed by atoms with Gasteiger partial charge in [0.15, 0.2) is 0 Å². The van der Waals surface area contributed by atoms with E-state index in [-0.39, 0.29) is 0 Å². The van der Waals surface area contributed by atoms with Crippen LogP contribution in [0.2, 0.25) is 0 Å². The summed E-state index contributed by atoms with van der Waals surface area (Å²) in [5, 5.41) is 7.27. The molecule has 1 aliphatic carbocycles. The standard InChI is InChI=1S/C18H32N2S/c1-6-9-19-17-10-13(2)7-8-16(17)18(4,5)11-15-12-21-14(3)20-15/h12-13,16-17,19H,6-11H2,1-5H3. The molecule has 1 fully saturated rings. The van der Waals surface area contributed by atoms with Crippen LogP contribution in [0.1, 0.15) is 64.1 Å². The second kappa shape index (κ2) is 7.23. The number of hydrogen-bond acceptors (Lipinski definition) is 3. The molecule has 1 N–H and O–H groups in total. The molecule has 3 heteroatoms. The fraction of sp³-hybridized carbons (Fsp3) is 0.833. The van der Waals surface area contributed by atoms with Crippen molar-refractivity contribution in [2.75, 3.05) is 6.54 Å². The first-order valence-corrected chi connectivity index (χ1v) is 9.44. The predicted molar refractivity (Wildman–Crippen MR) is 92.9 cm³/mol. The summed E-state index contributed by atoms with van der Waals surface area (Å²) in [5.74, 6) is 1.63. The molecular formula is C18H32N2S. The van der Waals surface area contributed by atoms with Gasteiger partial charge in [0.05, 0.1) is 10.7 Å². The van der Waals surface area contributed by atoms with E-state index in [2.05, 4.69) is 45.3 Å². The predicted octanol–water partition coefficient (Wildman–Crippen LogP) is 4.82. The monoisotopic (exact) mass is 308 g/mol. The van der Waals surface area contributed by atoms with Gasteiger partial charge in [-0.05, 0) is 56.4 Å². The van der Waals surface area contributed by atoms with Gasteiger partial charge in [0.1, 0.15) is 0 Å². The zero-order valence-corrected chi connectivity index (χ0v) is 15.2. The summed E-state index contributed by atoms with van der Waals surface area (Å²) in [6.45, 7) is 12.8. The molecule has 120 valence electrons. The third-order valence-electron chi connectivity index (χ3n) is 5.08. The first-order chi connectivity index (χ1) is 9.92. The van der Waals surface area contributed by atoms with Crippen molar-refractivity contribution in [3.63, 3.8) is 0 Å². The van der Waals surface area contributed by atoms with E-state index in [0.717, 1.165) is 24.8 Å². The van der Waals surface area contributed by atoms with Gasteiger partial charge in [-0.3, -0.25) is 0 Å². The largest absolute Gasteiger partial charge is 0.314 e. The smallest absolute Gasteiger partial charge is 0.0897 e. The molecule has 3 atom stereocenters. The summed E-state index contributed by atoms with van der Waals surface area (Å²) in [5.41, 5.74) is 1.61. The average Bonchev–Trinajstić information content (AvgIpc) is 2.80. The van der Waals surface area contributed by atoms with Gasteiger partial charge in [-0.2, -0.15) is 0 Å². The highest BCUT2D eigenvalue weighted by Crippen LogP contribution is 2.42. The molecule has 0 aromatic carbocycles. The number of nitrogens with zero attached hydrogens (tertiary/aromatic N) is 1. The molecule has 1 aromatic heterocycles. The Labute approximate surface area is 134 Å². The fourth-order valence-electron chi connectivity index (χ4n) is 3.96. The maximum atomic E-state index is 4.69. The SMILES string of the molecule is CCCNC1CC(C)CCC1C(C)(C)Cc1csc(C)n1. The second-order valence-corrected chi connectivity index (χ2v) is 8.67. The van der Waals surface area contributed by atoms with E-state index >= 15 is 0 Å². The summed E-state index contributed by atoms with van der Waals surface area (Å²) in [7, 11) is 0. The molecule has 0 aliphatic heterocycles. The Bertz CT molecular complexity index is 438. The van der Waals surface area contributed by atoms with Crippen molar-refractivity contribution >= 4 is 11.3 Å². The van der Waals surface area contributed by atoms with Crippen LogP contribution in [-0.2, 0) is 6.42 Å². The zero-order valence-electron chi connectivity index (χ0n) is 14.4. The summed E-state index contributed by atoms with van der Waals surface area (Å²) >= 11 is 1.78. The van der Waals surface area contributed by atoms with Crippen molar-refractivity contribution in [2.24, 2.45) is 17.3 Å². The molecule has 2 rings (SSSR count). The molecule has 21 heavy (non-hydrogen) atoms. The molecule has 0 amide bonds. The first kappa shape index (κ1) is 17.0. The molecule has 1 aliphatic rings. The molecule has 1 saturated carbocycles. The Morgan fingerprint density at radius 2 is 2.14 bits per heavy atom. The quantitative estimate of drug-likeness (QED) is 0.814. The summed E-state index contributed by atoms with van der Waals surface area (Å²) in [4.78, 5) is 4.69. The Kier molecular flexibility index (Phi) is 5.84. The second-order valence-electron chi connectivity index (χ2n) is 7.61. The van der Waals surface area contributed by atoms with Crippen LogP contribution < -0.4 is 5.32 Å². The molecule has 3 unspecified atom stereocenters. The fourth-order valence-corrected chi connectivity index (χ4v) is 4.57. The maximum Gasteiger partial charge on any atom is 0.0897 e. The van der Waals surface area contributed by atoms with E-state index < -0.39 is 0 Å². The normalized spacial score (nSPS) is 27.0. The minimum atomic E-state index is 0.325. The van der Waals surface area contributed by atoms with Gasteiger partial charge in [0.2, 0.25) is 0 Å². The van der Waals surface area contributed by atoms with E-state index in [1.54, 1.807) is 11.3 Å². The Hall–Kier alpha value is -0.410. The third kappa shape index (κ3) is 4.53. The molecule has 0 saturated heterocycles. The highest BCUT2D eigenvalue weighted by Gasteiger charge is 2.38. The van der Waals surface area contributed by atoms with Gasteiger partial charge >= 0.3 is 0 Å². The number of aromatic nitrogens is 1. The maximum absolute atomic E-state index is 4.69. The van der Waals surface area contributed by atoms with Crippen LogP contribution in [0, 0.1) is 24.2 Å². The van der Waals surface area contributed by atoms with Gasteiger partial charge in [-0.1, -0.05) is 34.1 Å². The van der Waals surface area contributed by atoms with Crippen LogP contribution in [0.15, 0.2) is 5.38 Å². The van der Waals surface area contributed by atoms with Crippen molar-refractivity contribution in [3.05, 3.63) is 16.1 Å². The molecule has 1 aromatic rings. The Morgan fingerprint density at radius 3 is 2.76 bits per heavy atom. The topological polar surface area (TPSA) is 24.9 Å². The Balaban J connectivity index is 2.07. The van der Waals surface area contributed by atoms with E-state index in [4.69, 9.17) is 4.98 Å². The van der Waals surface area contributed by atoms with Crippen molar-refractivity contribution in [2.45, 2.75) is 72.8 Å². The van der Waals surface area contributed by atoms with Gasteiger partial charge in [0, 0.05) is 11.4 Å². The van der Waals surface area contributed by atoms with Gasteiger partial charge in [-0.15, -0.1) is 11.3 Å². The third-order valence-corrected chi connectivity index (χ3v) is 5.90. The summed E-state index contributed by atoms with van der Waals surface area (Å²) < 4.78 is 0. The van der Waals surface area contributed by atoms with Gasteiger partial charge in [0.25, 0.3) is 0 Å². The van der Waals surface area contributed by atoms with Crippen molar-refractivity contribution in [1.29, 1.82) is 0 Å². The number of nitrogens with one attached hydrogen (secondary N) is 1. The minimum Gasteiger partial charge on any atom is -0.314 e. The van der Waals surface area contributed by atoms with Crippen LogP contribution in [0.3, 0.4) is 0 Å². The van der Waals surface area contributed by atoms with Crippen LogP contribution in [0.25, 0.3) is 0 Å². The van der Waals surface area contributed by atoms with Crippen LogP contribution in [0.5, 0.6) is 0 Å². The number of hydrogen-bond donors (Lipinski definition) is 1. The molecule has 0 radical (unpaired) electrons. The molecule has 0 spiro atoms. The average molecular weight is 309 g/mol. The summed E-state index contributed by atoms with van der Waals surface area (Å²) in [6.07, 6.45) is 6.42. The van der Waals surface area contributed by atoms with Gasteiger partial charge in [-0.25, -0.2) is 4.98 Å². The van der Waals surface area contributed by atoms with Crippen LogP contribution >= 0.6 is 11.3 Å². The van der Waals surface area contributed by atoms with E-state index in [9.17, 15) is 0 Å². The van der Waals surface area contributed by atoms with Crippen molar-refractivity contribution in [1.82, 2.24) is 10.3 Å². The number of rotatable bonds is 6. The molecule has 0 bridgehead atoms. The molecule has 1 heterocycles. The summed E-state index contributed by atoms with van der Waals surface area (Å²) in [6, 6.07) is 0.684.